The average molecular weight is 535 g/mol. The van der Waals surface area contributed by atoms with Gasteiger partial charge < -0.3 is 31.7 Å². The van der Waals surface area contributed by atoms with Crippen molar-refractivity contribution in [3.05, 3.63) is 66.2 Å². The quantitative estimate of drug-likeness (QED) is 0.0485. The lowest BCUT2D eigenvalue weighted by molar-refractivity contribution is -0.141. The molecule has 0 heterocycles. The highest BCUT2D eigenvalue weighted by molar-refractivity contribution is 7.85. The SMILES string of the molecule is CC(C)(C(=O)NCc1ccccc1)C(=O)N[C@@H](CCCNC(=N)N)B(O)O.O=S(=O)(O)c1ccccc1. The third kappa shape index (κ3) is 11.9. The largest absolute Gasteiger partial charge is 0.475 e. The van der Waals surface area contributed by atoms with Crippen molar-refractivity contribution >= 4 is 35.0 Å². The van der Waals surface area contributed by atoms with Crippen LogP contribution in [-0.2, 0) is 26.3 Å². The van der Waals surface area contributed by atoms with Crippen molar-refractivity contribution in [3.63, 3.8) is 0 Å². The number of nitrogens with one attached hydrogen (secondary N) is 4. The summed E-state index contributed by atoms with van der Waals surface area (Å²) in [4.78, 5) is 24.9. The molecule has 0 bridgehead atoms. The van der Waals surface area contributed by atoms with Crippen LogP contribution in [-0.4, -0.2) is 60.4 Å². The van der Waals surface area contributed by atoms with Crippen molar-refractivity contribution < 1.29 is 32.6 Å². The molecule has 0 aliphatic carbocycles. The average Bonchev–Trinajstić information content (AvgIpc) is 2.85. The number of hydrogen-bond donors (Lipinski definition) is 8. The van der Waals surface area contributed by atoms with Crippen molar-refractivity contribution in [2.24, 2.45) is 11.1 Å². The molecule has 0 aliphatic rings. The maximum absolute atomic E-state index is 12.5. The van der Waals surface area contributed by atoms with E-state index in [9.17, 15) is 28.1 Å². The highest BCUT2D eigenvalue weighted by atomic mass is 32.2. The summed E-state index contributed by atoms with van der Waals surface area (Å²) in [5.41, 5.74) is 4.69. The fourth-order valence-corrected chi connectivity index (χ4v) is 3.39. The normalized spacial score (nSPS) is 11.8. The first-order chi connectivity index (χ1) is 17.2. The minimum absolute atomic E-state index is 0.0741. The Morgan fingerprint density at radius 3 is 2.00 bits per heavy atom. The summed E-state index contributed by atoms with van der Waals surface area (Å²) in [5.74, 6) is -2.19. The molecular weight excluding hydrogens is 501 g/mol. The maximum atomic E-state index is 12.5. The topological polar surface area (TPSA) is 215 Å². The Kier molecular flexibility index (Phi) is 12.8. The highest BCUT2D eigenvalue weighted by Gasteiger charge is 2.38. The molecular formula is C23H34BN5O7S. The lowest BCUT2D eigenvalue weighted by Gasteiger charge is -2.26. The molecule has 2 amide bonds. The van der Waals surface area contributed by atoms with Gasteiger partial charge in [-0.05, 0) is 44.4 Å². The summed E-state index contributed by atoms with van der Waals surface area (Å²) in [5, 5.41) is 33.8. The van der Waals surface area contributed by atoms with E-state index in [1.165, 1.54) is 26.0 Å². The molecule has 0 aliphatic heterocycles. The van der Waals surface area contributed by atoms with Gasteiger partial charge in [0.05, 0.1) is 10.8 Å². The van der Waals surface area contributed by atoms with Gasteiger partial charge in [-0.2, -0.15) is 8.42 Å². The molecule has 1 atom stereocenters. The van der Waals surface area contributed by atoms with Crippen molar-refractivity contribution in [1.82, 2.24) is 16.0 Å². The van der Waals surface area contributed by atoms with E-state index in [4.69, 9.17) is 15.7 Å². The van der Waals surface area contributed by atoms with Crippen LogP contribution in [0, 0.1) is 10.8 Å². The van der Waals surface area contributed by atoms with Crippen LogP contribution < -0.4 is 21.7 Å². The summed E-state index contributed by atoms with van der Waals surface area (Å²) >= 11 is 0. The zero-order valence-corrected chi connectivity index (χ0v) is 21.5. The number of benzene rings is 2. The minimum Gasteiger partial charge on any atom is -0.426 e. The first-order valence-corrected chi connectivity index (χ1v) is 12.8. The van der Waals surface area contributed by atoms with Gasteiger partial charge in [-0.15, -0.1) is 0 Å². The van der Waals surface area contributed by atoms with E-state index in [0.29, 0.717) is 19.5 Å². The van der Waals surface area contributed by atoms with Gasteiger partial charge in [-0.1, -0.05) is 48.5 Å². The van der Waals surface area contributed by atoms with Crippen molar-refractivity contribution in [2.75, 3.05) is 6.54 Å². The molecule has 202 valence electrons. The molecule has 0 radical (unpaired) electrons. The Balaban J connectivity index is 0.000000568. The van der Waals surface area contributed by atoms with Crippen LogP contribution in [0.2, 0.25) is 0 Å². The molecule has 0 aromatic heterocycles. The standard InChI is InChI=1S/C17H28BN5O4.C6H6O3S/c1-17(2,14(24)22-11-12-7-4-3-5-8-12)15(25)23-13(18(26)27)9-6-10-21-16(19)20;7-10(8,9)6-4-2-1-3-5-6/h3-5,7-8,13,26-27H,6,9-11H2,1-2H3,(H,22,24)(H,23,25)(H4,19,20,21);1-5H,(H,7,8,9)/t13-;/m0./s1. The molecule has 37 heavy (non-hydrogen) atoms. The second-order valence-electron chi connectivity index (χ2n) is 8.56. The smallest absolute Gasteiger partial charge is 0.426 e. The van der Waals surface area contributed by atoms with E-state index in [2.05, 4.69) is 16.0 Å². The summed E-state index contributed by atoms with van der Waals surface area (Å²) in [6, 6.07) is 16.7. The van der Waals surface area contributed by atoms with Gasteiger partial charge in [0.15, 0.2) is 5.96 Å². The van der Waals surface area contributed by atoms with Crippen molar-refractivity contribution in [2.45, 2.75) is 44.1 Å². The maximum Gasteiger partial charge on any atom is 0.475 e. The third-order valence-electron chi connectivity index (χ3n) is 5.16. The number of nitrogens with two attached hydrogens (primary N) is 1. The minimum atomic E-state index is -4.00. The van der Waals surface area contributed by atoms with Crippen LogP contribution >= 0.6 is 0 Å². The lowest BCUT2D eigenvalue weighted by atomic mass is 9.76. The molecule has 0 saturated carbocycles. The Labute approximate surface area is 217 Å². The summed E-state index contributed by atoms with van der Waals surface area (Å²) < 4.78 is 29.2. The summed E-state index contributed by atoms with van der Waals surface area (Å²) in [7, 11) is -5.77. The van der Waals surface area contributed by atoms with E-state index in [0.717, 1.165) is 5.56 Å². The number of hydrogen-bond acceptors (Lipinski definition) is 7. The Bertz CT molecular complexity index is 1120. The van der Waals surface area contributed by atoms with Gasteiger partial charge in [0.25, 0.3) is 10.1 Å². The molecule has 9 N–H and O–H groups in total. The highest BCUT2D eigenvalue weighted by Crippen LogP contribution is 2.17. The van der Waals surface area contributed by atoms with Crippen molar-refractivity contribution in [1.29, 1.82) is 5.41 Å². The molecule has 2 aromatic rings. The van der Waals surface area contributed by atoms with Crippen LogP contribution in [0.3, 0.4) is 0 Å². The van der Waals surface area contributed by atoms with E-state index in [1.54, 1.807) is 18.2 Å². The summed E-state index contributed by atoms with van der Waals surface area (Å²) in [6.07, 6.45) is 0.689. The number of carbonyl (C=O) groups excluding carboxylic acids is 2. The fraction of sp³-hybridized carbons (Fsp3) is 0.348. The van der Waals surface area contributed by atoms with E-state index in [1.807, 2.05) is 30.3 Å². The molecule has 2 aromatic carbocycles. The third-order valence-corrected chi connectivity index (χ3v) is 6.02. The second-order valence-corrected chi connectivity index (χ2v) is 9.98. The second kappa shape index (κ2) is 14.9. The zero-order chi connectivity index (χ0) is 28.1. The van der Waals surface area contributed by atoms with Gasteiger partial charge in [0.2, 0.25) is 11.8 Å². The van der Waals surface area contributed by atoms with Crippen LogP contribution in [0.15, 0.2) is 65.6 Å². The van der Waals surface area contributed by atoms with Gasteiger partial charge in [0.1, 0.15) is 5.41 Å². The van der Waals surface area contributed by atoms with Crippen LogP contribution in [0.1, 0.15) is 32.3 Å². The number of carbonyl (C=O) groups is 2. The molecule has 14 heteroatoms. The van der Waals surface area contributed by atoms with Crippen LogP contribution in [0.4, 0.5) is 0 Å². The predicted octanol–water partition coefficient (Wildman–Crippen LogP) is 0.0224. The van der Waals surface area contributed by atoms with Gasteiger partial charge >= 0.3 is 7.12 Å². The fourth-order valence-electron chi connectivity index (χ4n) is 2.88. The molecule has 12 nitrogen and oxygen atoms in total. The lowest BCUT2D eigenvalue weighted by Crippen LogP contribution is -2.54. The molecule has 2 rings (SSSR count). The van der Waals surface area contributed by atoms with Gasteiger partial charge in [-0.3, -0.25) is 19.6 Å². The molecule has 0 unspecified atom stereocenters. The Morgan fingerprint density at radius 1 is 1.00 bits per heavy atom. The Morgan fingerprint density at radius 2 is 1.54 bits per heavy atom. The van der Waals surface area contributed by atoms with Crippen LogP contribution in [0.25, 0.3) is 0 Å². The van der Waals surface area contributed by atoms with Gasteiger partial charge in [-0.25, -0.2) is 0 Å². The number of amides is 2. The van der Waals surface area contributed by atoms with Crippen molar-refractivity contribution in [3.8, 4) is 0 Å². The summed E-state index contributed by atoms with van der Waals surface area (Å²) in [6.45, 7) is 3.59. The first kappa shape index (κ1) is 31.6. The molecule has 0 saturated heterocycles. The molecule has 0 spiro atoms. The predicted molar refractivity (Wildman–Crippen MR) is 140 cm³/mol. The van der Waals surface area contributed by atoms with E-state index in [-0.39, 0.29) is 17.3 Å². The Hall–Kier alpha value is -3.46. The van der Waals surface area contributed by atoms with E-state index >= 15 is 0 Å². The first-order valence-electron chi connectivity index (χ1n) is 11.3. The number of guanidine groups is 1. The van der Waals surface area contributed by atoms with E-state index < -0.39 is 40.4 Å². The van der Waals surface area contributed by atoms with Crippen LogP contribution in [0.5, 0.6) is 0 Å². The zero-order valence-electron chi connectivity index (χ0n) is 20.7. The molecule has 0 fully saturated rings. The monoisotopic (exact) mass is 535 g/mol. The number of rotatable bonds is 11. The van der Waals surface area contributed by atoms with Gasteiger partial charge in [0, 0.05) is 13.1 Å².